The van der Waals surface area contributed by atoms with Gasteiger partial charge in [-0.3, -0.25) is 4.90 Å². The Kier molecular flexibility index (Phi) is 3.13. The van der Waals surface area contributed by atoms with Crippen LogP contribution in [-0.2, 0) is 6.54 Å². The molecule has 0 bridgehead atoms. The lowest BCUT2D eigenvalue weighted by atomic mass is 10.1. The molecular formula is C16H17NO. The minimum atomic E-state index is 0.229. The lowest BCUT2D eigenvalue weighted by Gasteiger charge is -2.04. The Balaban J connectivity index is 1.74. The summed E-state index contributed by atoms with van der Waals surface area (Å²) >= 11 is 0. The van der Waals surface area contributed by atoms with Crippen LogP contribution in [-0.4, -0.2) is 22.7 Å². The van der Waals surface area contributed by atoms with Crippen LogP contribution < -0.4 is 0 Å². The highest BCUT2D eigenvalue weighted by Crippen LogP contribution is 2.43. The van der Waals surface area contributed by atoms with Crippen LogP contribution in [0.5, 0.6) is 0 Å². The van der Waals surface area contributed by atoms with Gasteiger partial charge in [0.05, 0.1) is 18.7 Å². The molecule has 18 heavy (non-hydrogen) atoms. The third-order valence-corrected chi connectivity index (χ3v) is 3.59. The molecule has 3 rings (SSSR count). The zero-order valence-electron chi connectivity index (χ0n) is 10.2. The van der Waals surface area contributed by atoms with Crippen LogP contribution in [0.4, 0.5) is 0 Å². The first-order valence-corrected chi connectivity index (χ1v) is 6.35. The molecule has 1 fully saturated rings. The van der Waals surface area contributed by atoms with E-state index < -0.39 is 0 Å². The first-order valence-electron chi connectivity index (χ1n) is 6.35. The lowest BCUT2D eigenvalue weighted by Crippen LogP contribution is -2.04. The summed E-state index contributed by atoms with van der Waals surface area (Å²) in [4.78, 5) is 2.34. The summed E-state index contributed by atoms with van der Waals surface area (Å²) in [5.74, 6) is 0. The third kappa shape index (κ3) is 2.17. The van der Waals surface area contributed by atoms with Gasteiger partial charge in [-0.15, -0.1) is 0 Å². The predicted molar refractivity (Wildman–Crippen MR) is 72.0 cm³/mol. The molecule has 92 valence electrons. The summed E-state index contributed by atoms with van der Waals surface area (Å²) in [6, 6.07) is 21.5. The molecule has 1 saturated heterocycles. The molecule has 2 heteroatoms. The molecule has 1 heterocycles. The van der Waals surface area contributed by atoms with Crippen molar-refractivity contribution in [2.45, 2.75) is 18.6 Å². The molecule has 0 spiro atoms. The van der Waals surface area contributed by atoms with E-state index in [0.29, 0.717) is 6.04 Å². The molecule has 1 N–H and O–H groups in total. The van der Waals surface area contributed by atoms with Crippen molar-refractivity contribution in [3.05, 3.63) is 71.8 Å². The SMILES string of the molecule is OC[C@@H]1[C@H](c2ccccc2)N1Cc1ccccc1. The number of aliphatic hydroxyl groups excluding tert-OH is 1. The van der Waals surface area contributed by atoms with Gasteiger partial charge in [0.1, 0.15) is 0 Å². The summed E-state index contributed by atoms with van der Waals surface area (Å²) in [6.45, 7) is 1.14. The van der Waals surface area contributed by atoms with Gasteiger partial charge in [-0.1, -0.05) is 60.7 Å². The number of rotatable bonds is 4. The maximum Gasteiger partial charge on any atom is 0.0605 e. The fourth-order valence-corrected chi connectivity index (χ4v) is 2.61. The molecule has 1 aliphatic rings. The molecule has 0 aromatic heterocycles. The lowest BCUT2D eigenvalue weighted by molar-refractivity contribution is 0.272. The molecule has 3 atom stereocenters. The van der Waals surface area contributed by atoms with Crippen molar-refractivity contribution < 1.29 is 5.11 Å². The topological polar surface area (TPSA) is 23.2 Å². The monoisotopic (exact) mass is 239 g/mol. The van der Waals surface area contributed by atoms with E-state index in [1.165, 1.54) is 11.1 Å². The van der Waals surface area contributed by atoms with Gasteiger partial charge in [0.25, 0.3) is 0 Å². The Bertz CT molecular complexity index is 497. The van der Waals surface area contributed by atoms with Crippen molar-refractivity contribution in [1.29, 1.82) is 0 Å². The van der Waals surface area contributed by atoms with E-state index in [0.717, 1.165) is 6.54 Å². The van der Waals surface area contributed by atoms with Crippen molar-refractivity contribution in [2.24, 2.45) is 0 Å². The zero-order chi connectivity index (χ0) is 12.4. The van der Waals surface area contributed by atoms with Gasteiger partial charge >= 0.3 is 0 Å². The summed E-state index contributed by atoms with van der Waals surface area (Å²) in [5.41, 5.74) is 2.60. The molecule has 0 aliphatic carbocycles. The molecule has 0 amide bonds. The van der Waals surface area contributed by atoms with Gasteiger partial charge in [0.15, 0.2) is 0 Å². The maximum atomic E-state index is 9.44. The number of hydrogen-bond donors (Lipinski definition) is 1. The van der Waals surface area contributed by atoms with Crippen LogP contribution in [0.3, 0.4) is 0 Å². The van der Waals surface area contributed by atoms with E-state index in [2.05, 4.69) is 53.4 Å². The third-order valence-electron chi connectivity index (χ3n) is 3.59. The minimum absolute atomic E-state index is 0.229. The average molecular weight is 239 g/mol. The van der Waals surface area contributed by atoms with E-state index in [4.69, 9.17) is 0 Å². The zero-order valence-corrected chi connectivity index (χ0v) is 10.2. The number of aliphatic hydroxyl groups is 1. The maximum absolute atomic E-state index is 9.44. The molecule has 1 unspecified atom stereocenters. The molecule has 2 nitrogen and oxygen atoms in total. The van der Waals surface area contributed by atoms with E-state index in [1.807, 2.05) is 12.1 Å². The molecular weight excluding hydrogens is 222 g/mol. The Morgan fingerprint density at radius 1 is 0.889 bits per heavy atom. The van der Waals surface area contributed by atoms with Crippen LogP contribution in [0.2, 0.25) is 0 Å². The number of benzene rings is 2. The predicted octanol–water partition coefficient (Wildman–Crippen LogP) is 2.60. The van der Waals surface area contributed by atoms with Crippen molar-refractivity contribution >= 4 is 0 Å². The van der Waals surface area contributed by atoms with Gasteiger partial charge < -0.3 is 5.11 Å². The highest BCUT2D eigenvalue weighted by atomic mass is 16.3. The summed E-state index contributed by atoms with van der Waals surface area (Å²) < 4.78 is 0. The van der Waals surface area contributed by atoms with Gasteiger partial charge in [0.2, 0.25) is 0 Å². The van der Waals surface area contributed by atoms with Crippen LogP contribution in [0.1, 0.15) is 17.2 Å². The van der Waals surface area contributed by atoms with Crippen LogP contribution in [0.25, 0.3) is 0 Å². The summed E-state index contributed by atoms with van der Waals surface area (Å²) in [7, 11) is 0. The molecule has 1 aliphatic heterocycles. The molecule has 0 radical (unpaired) electrons. The van der Waals surface area contributed by atoms with E-state index >= 15 is 0 Å². The highest BCUT2D eigenvalue weighted by molar-refractivity contribution is 5.28. The van der Waals surface area contributed by atoms with E-state index in [9.17, 15) is 5.11 Å². The van der Waals surface area contributed by atoms with E-state index in [1.54, 1.807) is 0 Å². The second-order valence-electron chi connectivity index (χ2n) is 4.76. The van der Waals surface area contributed by atoms with Crippen LogP contribution in [0.15, 0.2) is 60.7 Å². The smallest absolute Gasteiger partial charge is 0.0605 e. The summed E-state index contributed by atoms with van der Waals surface area (Å²) in [5, 5.41) is 9.44. The quantitative estimate of drug-likeness (QED) is 0.829. The number of hydrogen-bond acceptors (Lipinski definition) is 2. The number of nitrogens with zero attached hydrogens (tertiary/aromatic N) is 1. The Labute approximate surface area is 107 Å². The Morgan fingerprint density at radius 3 is 2.11 bits per heavy atom. The van der Waals surface area contributed by atoms with Crippen molar-refractivity contribution in [3.63, 3.8) is 0 Å². The van der Waals surface area contributed by atoms with Crippen LogP contribution in [0, 0.1) is 0 Å². The molecule has 0 saturated carbocycles. The van der Waals surface area contributed by atoms with Crippen molar-refractivity contribution in [3.8, 4) is 0 Å². The molecule has 2 aromatic carbocycles. The fraction of sp³-hybridized carbons (Fsp3) is 0.250. The summed E-state index contributed by atoms with van der Waals surface area (Å²) in [6.07, 6.45) is 0. The second kappa shape index (κ2) is 4.92. The largest absolute Gasteiger partial charge is 0.395 e. The van der Waals surface area contributed by atoms with Gasteiger partial charge in [0, 0.05) is 6.54 Å². The van der Waals surface area contributed by atoms with Gasteiger partial charge in [-0.25, -0.2) is 0 Å². The van der Waals surface area contributed by atoms with Crippen molar-refractivity contribution in [2.75, 3.05) is 6.61 Å². The fourth-order valence-electron chi connectivity index (χ4n) is 2.61. The van der Waals surface area contributed by atoms with Crippen LogP contribution >= 0.6 is 0 Å². The standard InChI is InChI=1S/C16H17NO/c18-12-15-16(14-9-5-2-6-10-14)17(15)11-13-7-3-1-4-8-13/h1-10,15-16,18H,11-12H2/t15-,16+,17?/m1/s1. The highest BCUT2D eigenvalue weighted by Gasteiger charge is 2.47. The van der Waals surface area contributed by atoms with Gasteiger partial charge in [-0.05, 0) is 11.1 Å². The molecule has 2 aromatic rings. The minimum Gasteiger partial charge on any atom is -0.395 e. The second-order valence-corrected chi connectivity index (χ2v) is 4.76. The first kappa shape index (κ1) is 11.5. The van der Waals surface area contributed by atoms with Crippen molar-refractivity contribution in [1.82, 2.24) is 4.90 Å². The van der Waals surface area contributed by atoms with Gasteiger partial charge in [-0.2, -0.15) is 0 Å². The first-order chi connectivity index (χ1) is 8.90. The Morgan fingerprint density at radius 2 is 1.50 bits per heavy atom. The normalized spacial score (nSPS) is 25.9. The average Bonchev–Trinajstić information content (AvgIpc) is 3.14. The van der Waals surface area contributed by atoms with E-state index in [-0.39, 0.29) is 12.6 Å². The Hall–Kier alpha value is -1.64.